The molecule has 4 aromatic heterocycles. The maximum absolute atomic E-state index is 5.33. The van der Waals surface area contributed by atoms with Gasteiger partial charge in [0.05, 0.1) is 50.2 Å². The van der Waals surface area contributed by atoms with Gasteiger partial charge in [-0.15, -0.1) is 0 Å². The first-order valence-electron chi connectivity index (χ1n) is 25.4. The van der Waals surface area contributed by atoms with Crippen LogP contribution in [0.4, 0.5) is 0 Å². The Kier molecular flexibility index (Phi) is 9.78. The third-order valence-corrected chi connectivity index (χ3v) is 14.9. The molecule has 6 nitrogen and oxygen atoms in total. The largest absolute Gasteiger partial charge is 0.309 e. The lowest BCUT2D eigenvalue weighted by Crippen LogP contribution is -2.05. The lowest BCUT2D eigenvalue weighted by Gasteiger charge is -2.17. The Balaban J connectivity index is 1.07. The molecule has 75 heavy (non-hydrogen) atoms. The molecule has 0 aliphatic heterocycles. The molecule has 0 spiro atoms. The summed E-state index contributed by atoms with van der Waals surface area (Å²) < 4.78 is 7.41. The molecule has 0 saturated carbocycles. The van der Waals surface area contributed by atoms with Crippen LogP contribution in [0.2, 0.25) is 0 Å². The normalized spacial score (nSPS) is 11.7. The van der Waals surface area contributed by atoms with E-state index in [1.54, 1.807) is 0 Å². The van der Waals surface area contributed by atoms with Gasteiger partial charge in [0.25, 0.3) is 0 Å². The molecule has 0 fully saturated rings. The van der Waals surface area contributed by atoms with Gasteiger partial charge in [0.1, 0.15) is 0 Å². The summed E-state index contributed by atoms with van der Waals surface area (Å²) in [7, 11) is 0. The summed E-state index contributed by atoms with van der Waals surface area (Å²) in [4.78, 5) is 15.8. The van der Waals surface area contributed by atoms with E-state index < -0.39 is 0 Å². The van der Waals surface area contributed by atoms with Gasteiger partial charge in [-0.2, -0.15) is 0 Å². The Morgan fingerprint density at radius 1 is 0.227 bits per heavy atom. The van der Waals surface area contributed by atoms with Crippen molar-refractivity contribution < 1.29 is 0 Å². The lowest BCUT2D eigenvalue weighted by atomic mass is 10.0. The zero-order valence-corrected chi connectivity index (χ0v) is 40.6. The van der Waals surface area contributed by atoms with Gasteiger partial charge in [-0.25, -0.2) is 15.0 Å². The van der Waals surface area contributed by atoms with Crippen LogP contribution in [0.25, 0.3) is 139 Å². The average Bonchev–Trinajstić information content (AvgIpc) is 4.17. The number of fused-ring (bicyclic) bond motifs is 9. The fourth-order valence-electron chi connectivity index (χ4n) is 11.6. The van der Waals surface area contributed by atoms with Gasteiger partial charge in [-0.3, -0.25) is 0 Å². The van der Waals surface area contributed by atoms with Crippen molar-refractivity contribution in [3.05, 3.63) is 267 Å². The Morgan fingerprint density at radius 3 is 1.20 bits per heavy atom. The maximum atomic E-state index is 5.33. The second kappa shape index (κ2) is 17.3. The van der Waals surface area contributed by atoms with Crippen LogP contribution >= 0.6 is 0 Å². The minimum absolute atomic E-state index is 0.586. The van der Waals surface area contributed by atoms with E-state index in [1.165, 1.54) is 43.8 Å². The van der Waals surface area contributed by atoms with Gasteiger partial charge in [-0.1, -0.05) is 200 Å². The SMILES string of the molecule is c1ccc(-c2ccc3c(c2)c2cc(-c4ccccc4)ccc2n3-c2cccc3c4c(-n5c6ccccc6c6ccccc65)cccc4n(-c4ccccc4-c4nc(-c5ccccc5)nc(-c5ccccc5)n4)c23)cc1. The standard InChI is InChI=1S/C69H44N6/c1-5-21-45(22-6-1)49-39-41-60-55(43-49)56-44-50(46-23-7-2-8-24-46)40-42-61(56)74(60)64-38-19-32-54-65-62(73-57-33-16-13-29-51(57)52-30-14-17-34-58(52)73)36-20-37-63(65)75(66(54)64)59-35-18-15-31-53(59)69-71-67(47-25-9-3-10-26-47)70-68(72-69)48-27-11-4-12-28-48/h1-44H. The van der Waals surface area contributed by atoms with Gasteiger partial charge in [-0.05, 0) is 89.0 Å². The topological polar surface area (TPSA) is 53.5 Å². The fraction of sp³-hybridized carbons (Fsp3) is 0. The Labute approximate surface area is 432 Å². The van der Waals surface area contributed by atoms with Crippen LogP contribution in [-0.2, 0) is 0 Å². The van der Waals surface area contributed by atoms with Crippen molar-refractivity contribution in [1.29, 1.82) is 0 Å². The molecule has 0 radical (unpaired) electrons. The smallest absolute Gasteiger partial charge is 0.166 e. The van der Waals surface area contributed by atoms with Gasteiger partial charge in [0.2, 0.25) is 0 Å². The second-order valence-corrected chi connectivity index (χ2v) is 19.1. The summed E-state index contributed by atoms with van der Waals surface area (Å²) >= 11 is 0. The van der Waals surface area contributed by atoms with Crippen molar-refractivity contribution in [3.63, 3.8) is 0 Å². The summed E-state index contributed by atoms with van der Waals surface area (Å²) in [6.07, 6.45) is 0. The number of benzene rings is 11. The summed E-state index contributed by atoms with van der Waals surface area (Å²) in [5.41, 5.74) is 17.2. The summed E-state index contributed by atoms with van der Waals surface area (Å²) in [6, 6.07) is 95.4. The Bertz CT molecular complexity index is 4480. The van der Waals surface area contributed by atoms with Crippen molar-refractivity contribution in [2.24, 2.45) is 0 Å². The number of hydrogen-bond donors (Lipinski definition) is 0. The first-order valence-corrected chi connectivity index (χ1v) is 25.4. The molecule has 0 unspecified atom stereocenters. The number of hydrogen-bond acceptors (Lipinski definition) is 3. The van der Waals surface area contributed by atoms with Crippen LogP contribution in [-0.4, -0.2) is 28.7 Å². The Morgan fingerprint density at radius 2 is 0.627 bits per heavy atom. The molecular formula is C69H44N6. The van der Waals surface area contributed by atoms with E-state index in [0.29, 0.717) is 17.5 Å². The van der Waals surface area contributed by atoms with Crippen molar-refractivity contribution >= 4 is 65.4 Å². The highest BCUT2D eigenvalue weighted by molar-refractivity contribution is 6.20. The van der Waals surface area contributed by atoms with Crippen molar-refractivity contribution in [2.75, 3.05) is 0 Å². The molecule has 0 N–H and O–H groups in total. The number of nitrogens with zero attached hydrogens (tertiary/aromatic N) is 6. The summed E-state index contributed by atoms with van der Waals surface area (Å²) in [6.45, 7) is 0. The van der Waals surface area contributed by atoms with Gasteiger partial charge < -0.3 is 13.7 Å². The van der Waals surface area contributed by atoms with E-state index >= 15 is 0 Å². The quantitative estimate of drug-likeness (QED) is 0.152. The van der Waals surface area contributed by atoms with Crippen LogP contribution in [0.1, 0.15) is 0 Å². The third-order valence-electron chi connectivity index (χ3n) is 14.9. The number of aromatic nitrogens is 6. The molecule has 350 valence electrons. The van der Waals surface area contributed by atoms with Crippen molar-refractivity contribution in [3.8, 4) is 73.5 Å². The number of para-hydroxylation sites is 4. The highest BCUT2D eigenvalue weighted by Gasteiger charge is 2.26. The average molecular weight is 957 g/mol. The van der Waals surface area contributed by atoms with Crippen LogP contribution in [0.3, 0.4) is 0 Å². The molecule has 0 amide bonds. The third kappa shape index (κ3) is 6.84. The van der Waals surface area contributed by atoms with Crippen molar-refractivity contribution in [2.45, 2.75) is 0 Å². The van der Waals surface area contributed by atoms with Gasteiger partial charge in [0.15, 0.2) is 17.5 Å². The highest BCUT2D eigenvalue weighted by Crippen LogP contribution is 2.45. The predicted octanol–water partition coefficient (Wildman–Crippen LogP) is 17.5. The molecule has 4 heterocycles. The van der Waals surface area contributed by atoms with Gasteiger partial charge >= 0.3 is 0 Å². The first kappa shape index (κ1) is 42.5. The van der Waals surface area contributed by atoms with E-state index in [1.807, 2.05) is 36.4 Å². The van der Waals surface area contributed by atoms with Crippen LogP contribution in [0, 0.1) is 0 Å². The van der Waals surface area contributed by atoms with E-state index in [0.717, 1.165) is 77.6 Å². The second-order valence-electron chi connectivity index (χ2n) is 19.1. The predicted molar refractivity (Wildman–Crippen MR) is 310 cm³/mol. The molecule has 0 saturated heterocycles. The summed E-state index contributed by atoms with van der Waals surface area (Å²) in [5.74, 6) is 1.81. The molecular weight excluding hydrogens is 913 g/mol. The number of rotatable bonds is 8. The highest BCUT2D eigenvalue weighted by atomic mass is 15.1. The minimum atomic E-state index is 0.586. The van der Waals surface area contributed by atoms with Gasteiger partial charge in [0, 0.05) is 49.0 Å². The fourth-order valence-corrected chi connectivity index (χ4v) is 11.6. The first-order chi connectivity index (χ1) is 37.2. The zero-order chi connectivity index (χ0) is 49.4. The monoisotopic (exact) mass is 956 g/mol. The van der Waals surface area contributed by atoms with Crippen LogP contribution in [0.5, 0.6) is 0 Å². The Hall–Kier alpha value is -10.2. The molecule has 0 bridgehead atoms. The zero-order valence-electron chi connectivity index (χ0n) is 40.6. The van der Waals surface area contributed by atoms with E-state index in [-0.39, 0.29) is 0 Å². The van der Waals surface area contributed by atoms with E-state index in [2.05, 4.69) is 244 Å². The lowest BCUT2D eigenvalue weighted by molar-refractivity contribution is 1.06. The maximum Gasteiger partial charge on any atom is 0.166 e. The van der Waals surface area contributed by atoms with Crippen LogP contribution in [0.15, 0.2) is 267 Å². The summed E-state index contributed by atoms with van der Waals surface area (Å²) in [5, 5.41) is 7.06. The molecule has 6 heteroatoms. The molecule has 15 aromatic rings. The molecule has 11 aromatic carbocycles. The molecule has 0 aliphatic carbocycles. The van der Waals surface area contributed by atoms with Crippen LogP contribution < -0.4 is 0 Å². The molecule has 15 rings (SSSR count). The van der Waals surface area contributed by atoms with E-state index in [9.17, 15) is 0 Å². The molecule has 0 aliphatic rings. The molecule has 0 atom stereocenters. The minimum Gasteiger partial charge on any atom is -0.309 e. The van der Waals surface area contributed by atoms with Crippen molar-refractivity contribution in [1.82, 2.24) is 28.7 Å². The van der Waals surface area contributed by atoms with E-state index in [4.69, 9.17) is 15.0 Å².